The lowest BCUT2D eigenvalue weighted by Crippen LogP contribution is -2.40. The number of halogens is 4. The van der Waals surface area contributed by atoms with Crippen LogP contribution in [0, 0.1) is 0 Å². The summed E-state index contributed by atoms with van der Waals surface area (Å²) in [6.07, 6.45) is -3.62. The summed E-state index contributed by atoms with van der Waals surface area (Å²) in [5.41, 5.74) is 1.11. The van der Waals surface area contributed by atoms with Crippen molar-refractivity contribution >= 4 is 11.8 Å². The van der Waals surface area contributed by atoms with Crippen molar-refractivity contribution in [3.8, 4) is 0 Å². The fourth-order valence-corrected chi connectivity index (χ4v) is 3.14. The summed E-state index contributed by atoms with van der Waals surface area (Å²) < 4.78 is 49.3. The molecule has 1 atom stereocenters. The van der Waals surface area contributed by atoms with Gasteiger partial charge in [-0.1, -0.05) is 18.2 Å². The lowest BCUT2D eigenvalue weighted by Gasteiger charge is -2.18. The number of benzene rings is 1. The Kier molecular flexibility index (Phi) is 4.17. The third-order valence-electron chi connectivity index (χ3n) is 2.87. The van der Waals surface area contributed by atoms with Crippen molar-refractivity contribution in [2.24, 2.45) is 0 Å². The first kappa shape index (κ1) is 13.7. The van der Waals surface area contributed by atoms with Crippen molar-refractivity contribution in [2.75, 3.05) is 18.8 Å². The second-order valence-corrected chi connectivity index (χ2v) is 5.30. The van der Waals surface area contributed by atoms with Crippen LogP contribution < -0.4 is 5.32 Å². The quantitative estimate of drug-likeness (QED) is 0.829. The van der Waals surface area contributed by atoms with Gasteiger partial charge in [-0.25, -0.2) is 8.78 Å². The number of hydrogen-bond donors (Lipinski definition) is 1. The summed E-state index contributed by atoms with van der Waals surface area (Å²) in [4.78, 5) is 1.14. The van der Waals surface area contributed by atoms with E-state index < -0.39 is 18.9 Å². The van der Waals surface area contributed by atoms with E-state index in [4.69, 9.17) is 0 Å². The van der Waals surface area contributed by atoms with Gasteiger partial charge in [-0.2, -0.15) is 8.78 Å². The maximum Gasteiger partial charge on any atom is 0.319 e. The zero-order chi connectivity index (χ0) is 13.2. The first-order chi connectivity index (χ1) is 8.50. The fourth-order valence-electron chi connectivity index (χ4n) is 1.89. The molecular weight excluding hydrogens is 266 g/mol. The largest absolute Gasteiger partial charge is 0.319 e. The molecule has 0 aromatic heterocycles. The zero-order valence-electron chi connectivity index (χ0n) is 9.51. The van der Waals surface area contributed by atoms with E-state index in [-0.39, 0.29) is 5.92 Å². The Hall–Kier alpha value is -0.750. The Morgan fingerprint density at radius 3 is 2.78 bits per heavy atom. The summed E-state index contributed by atoms with van der Waals surface area (Å²) in [6.45, 7) is -0.680. The van der Waals surface area contributed by atoms with Gasteiger partial charge in [0, 0.05) is 23.1 Å². The Morgan fingerprint density at radius 2 is 2.06 bits per heavy atom. The zero-order valence-corrected chi connectivity index (χ0v) is 10.3. The third kappa shape index (κ3) is 2.98. The highest BCUT2D eigenvalue weighted by molar-refractivity contribution is 7.99. The number of alkyl halides is 4. The van der Waals surface area contributed by atoms with Gasteiger partial charge in [-0.05, 0) is 11.6 Å². The van der Waals surface area contributed by atoms with Crippen molar-refractivity contribution in [2.45, 2.75) is 23.2 Å². The van der Waals surface area contributed by atoms with Crippen LogP contribution in [0.5, 0.6) is 0 Å². The highest BCUT2D eigenvalue weighted by atomic mass is 32.2. The van der Waals surface area contributed by atoms with Crippen molar-refractivity contribution in [3.63, 3.8) is 0 Å². The van der Waals surface area contributed by atoms with Crippen LogP contribution in [0.15, 0.2) is 29.2 Å². The van der Waals surface area contributed by atoms with Crippen LogP contribution in [0.3, 0.4) is 0 Å². The Bertz CT molecular complexity index is 411. The first-order valence-corrected chi connectivity index (χ1v) is 6.57. The molecular formula is C12H13F4NS. The molecule has 0 radical (unpaired) electrons. The first-order valence-electron chi connectivity index (χ1n) is 5.59. The second-order valence-electron chi connectivity index (χ2n) is 4.24. The van der Waals surface area contributed by atoms with Crippen LogP contribution in [0.1, 0.15) is 11.5 Å². The molecule has 0 bridgehead atoms. The molecule has 0 aliphatic carbocycles. The molecule has 1 heterocycles. The van der Waals surface area contributed by atoms with E-state index in [1.807, 2.05) is 24.3 Å². The monoisotopic (exact) mass is 279 g/mol. The van der Waals surface area contributed by atoms with Gasteiger partial charge in [0.2, 0.25) is 0 Å². The molecule has 1 aromatic carbocycles. The average molecular weight is 279 g/mol. The molecule has 1 aliphatic heterocycles. The predicted molar refractivity (Wildman–Crippen MR) is 63.7 cm³/mol. The molecule has 0 saturated carbocycles. The maximum absolute atomic E-state index is 12.7. The topological polar surface area (TPSA) is 12.0 Å². The molecule has 18 heavy (non-hydrogen) atoms. The smallest absolute Gasteiger partial charge is 0.310 e. The summed E-state index contributed by atoms with van der Waals surface area (Å²) in [5, 5.41) is 2.45. The summed E-state index contributed by atoms with van der Waals surface area (Å²) in [5.74, 6) is -3.04. The van der Waals surface area contributed by atoms with Crippen LogP contribution in [-0.4, -0.2) is 31.2 Å². The predicted octanol–water partition coefficient (Wildman–Crippen LogP) is 3.37. The molecule has 1 aromatic rings. The van der Waals surface area contributed by atoms with Crippen LogP contribution in [0.2, 0.25) is 0 Å². The molecule has 1 unspecified atom stereocenters. The Morgan fingerprint density at radius 1 is 1.33 bits per heavy atom. The third-order valence-corrected chi connectivity index (χ3v) is 4.12. The van der Waals surface area contributed by atoms with Gasteiger partial charge in [0.1, 0.15) is 0 Å². The van der Waals surface area contributed by atoms with Crippen LogP contribution >= 0.6 is 11.8 Å². The van der Waals surface area contributed by atoms with Gasteiger partial charge in [-0.3, -0.25) is 0 Å². The van der Waals surface area contributed by atoms with E-state index in [9.17, 15) is 17.6 Å². The fraction of sp³-hybridized carbons (Fsp3) is 0.500. The molecule has 100 valence electrons. The highest BCUT2D eigenvalue weighted by Crippen LogP contribution is 2.38. The molecule has 6 heteroatoms. The van der Waals surface area contributed by atoms with Gasteiger partial charge < -0.3 is 5.32 Å². The van der Waals surface area contributed by atoms with E-state index in [0.717, 1.165) is 16.2 Å². The normalized spacial score (nSPS) is 19.3. The van der Waals surface area contributed by atoms with Crippen LogP contribution in [0.25, 0.3) is 0 Å². The van der Waals surface area contributed by atoms with Crippen molar-refractivity contribution in [3.05, 3.63) is 29.8 Å². The minimum absolute atomic E-state index is 0.111. The van der Waals surface area contributed by atoms with Crippen LogP contribution in [0.4, 0.5) is 17.6 Å². The molecule has 0 fully saturated rings. The van der Waals surface area contributed by atoms with Crippen molar-refractivity contribution < 1.29 is 17.6 Å². The maximum atomic E-state index is 12.7. The standard InChI is InChI=1S/C12H13F4NS/c13-11(14)12(15,16)7-17-5-8-6-18-10-4-2-1-3-9(8)10/h1-4,8,11,17H,5-7H2. The summed E-state index contributed by atoms with van der Waals surface area (Å²) in [7, 11) is 0. The number of nitrogens with one attached hydrogen (secondary N) is 1. The number of hydrogen-bond acceptors (Lipinski definition) is 2. The van der Waals surface area contributed by atoms with E-state index in [1.54, 1.807) is 11.8 Å². The Labute approximate surface area is 107 Å². The van der Waals surface area contributed by atoms with Gasteiger partial charge in [0.05, 0.1) is 6.54 Å². The number of fused-ring (bicyclic) bond motifs is 1. The van der Waals surface area contributed by atoms with Gasteiger partial charge in [0.15, 0.2) is 0 Å². The Balaban J connectivity index is 1.86. The lowest BCUT2D eigenvalue weighted by atomic mass is 10.0. The average Bonchev–Trinajstić information content (AvgIpc) is 2.72. The molecule has 0 amide bonds. The lowest BCUT2D eigenvalue weighted by molar-refractivity contribution is -0.125. The van der Waals surface area contributed by atoms with Gasteiger partial charge in [0.25, 0.3) is 0 Å². The second kappa shape index (κ2) is 5.48. The molecule has 1 N–H and O–H groups in total. The summed E-state index contributed by atoms with van der Waals surface area (Å²) >= 11 is 1.66. The number of rotatable bonds is 5. The SMILES string of the molecule is FC(F)C(F)(F)CNCC1CSc2ccccc21. The molecule has 2 rings (SSSR count). The van der Waals surface area contributed by atoms with Crippen LogP contribution in [-0.2, 0) is 0 Å². The molecule has 1 aliphatic rings. The minimum Gasteiger partial charge on any atom is -0.310 e. The van der Waals surface area contributed by atoms with E-state index in [0.29, 0.717) is 6.54 Å². The summed E-state index contributed by atoms with van der Waals surface area (Å²) in [6, 6.07) is 7.75. The molecule has 0 saturated heterocycles. The van der Waals surface area contributed by atoms with Crippen molar-refractivity contribution in [1.82, 2.24) is 5.32 Å². The van der Waals surface area contributed by atoms with E-state index in [2.05, 4.69) is 5.32 Å². The van der Waals surface area contributed by atoms with E-state index >= 15 is 0 Å². The molecule has 1 nitrogen and oxygen atoms in total. The van der Waals surface area contributed by atoms with E-state index in [1.165, 1.54) is 0 Å². The van der Waals surface area contributed by atoms with Gasteiger partial charge in [-0.15, -0.1) is 11.8 Å². The highest BCUT2D eigenvalue weighted by Gasteiger charge is 2.40. The minimum atomic E-state index is -3.95. The van der Waals surface area contributed by atoms with Crippen molar-refractivity contribution in [1.29, 1.82) is 0 Å². The van der Waals surface area contributed by atoms with Gasteiger partial charge >= 0.3 is 12.3 Å². The number of thioether (sulfide) groups is 1. The molecule has 0 spiro atoms.